The van der Waals surface area contributed by atoms with Crippen molar-refractivity contribution < 1.29 is 23.2 Å². The summed E-state index contributed by atoms with van der Waals surface area (Å²) in [6.45, 7) is 7.60. The lowest BCUT2D eigenvalue weighted by Gasteiger charge is -2.32. The van der Waals surface area contributed by atoms with Gasteiger partial charge < -0.3 is 14.0 Å². The molecule has 1 unspecified atom stereocenters. The Hall–Kier alpha value is -1.11. The fourth-order valence-corrected chi connectivity index (χ4v) is 2.65. The molecule has 4 nitrogen and oxygen atoms in total. The van der Waals surface area contributed by atoms with Crippen molar-refractivity contribution in [3.8, 4) is 0 Å². The molecule has 23 heavy (non-hydrogen) atoms. The summed E-state index contributed by atoms with van der Waals surface area (Å²) in [7, 11) is 0.518. The van der Waals surface area contributed by atoms with E-state index in [-0.39, 0.29) is 12.0 Å². The second-order valence-corrected chi connectivity index (χ2v) is 7.11. The van der Waals surface area contributed by atoms with Crippen LogP contribution >= 0.6 is 11.6 Å². The number of carbonyl (C=O) groups is 1. The Labute approximate surface area is 141 Å². The molecule has 1 saturated heterocycles. The van der Waals surface area contributed by atoms with Crippen LogP contribution in [0.4, 0.5) is 4.39 Å². The van der Waals surface area contributed by atoms with Gasteiger partial charge in [0, 0.05) is 10.8 Å². The number of rotatable bonds is 4. The predicted molar refractivity (Wildman–Crippen MR) is 86.9 cm³/mol. The first-order valence-corrected chi connectivity index (χ1v) is 7.82. The van der Waals surface area contributed by atoms with Crippen LogP contribution < -0.4 is 0 Å². The van der Waals surface area contributed by atoms with E-state index in [4.69, 9.17) is 25.6 Å². The summed E-state index contributed by atoms with van der Waals surface area (Å²) in [5.41, 5.74) is -0.885. The van der Waals surface area contributed by atoms with E-state index in [1.807, 2.05) is 27.7 Å². The number of ether oxygens (including phenoxy) is 1. The number of hydrogen-bond donors (Lipinski definition) is 0. The van der Waals surface area contributed by atoms with Crippen molar-refractivity contribution in [2.24, 2.45) is 0 Å². The normalized spacial score (nSPS) is 20.4. The molecule has 0 radical (unpaired) electrons. The zero-order valence-electron chi connectivity index (χ0n) is 14.0. The number of halogens is 2. The number of methoxy groups -OCH3 is 1. The van der Waals surface area contributed by atoms with Crippen molar-refractivity contribution in [2.75, 3.05) is 7.11 Å². The van der Waals surface area contributed by atoms with E-state index >= 15 is 0 Å². The van der Waals surface area contributed by atoms with Crippen LogP contribution in [0, 0.1) is 5.82 Å². The minimum Gasteiger partial charge on any atom is -0.469 e. The first-order chi connectivity index (χ1) is 10.6. The molecule has 1 aliphatic heterocycles. The molecule has 7 heteroatoms. The molecule has 2 rings (SSSR count). The molecular formula is C16H21BClFO4. The Morgan fingerprint density at radius 1 is 1.30 bits per heavy atom. The van der Waals surface area contributed by atoms with E-state index in [0.29, 0.717) is 5.02 Å². The fraction of sp³-hybridized carbons (Fsp3) is 0.562. The Kier molecular flexibility index (Phi) is 5.09. The van der Waals surface area contributed by atoms with Gasteiger partial charge in [-0.25, -0.2) is 4.39 Å². The molecule has 0 spiro atoms. The monoisotopic (exact) mass is 342 g/mol. The Balaban J connectivity index is 2.40. The van der Waals surface area contributed by atoms with Crippen LogP contribution in [0.25, 0.3) is 0 Å². The third kappa shape index (κ3) is 3.70. The number of carbonyl (C=O) groups excluding carboxylic acids is 1. The quantitative estimate of drug-likeness (QED) is 0.617. The van der Waals surface area contributed by atoms with Crippen LogP contribution in [0.1, 0.15) is 45.5 Å². The highest BCUT2D eigenvalue weighted by Gasteiger charge is 2.54. The molecule has 1 aliphatic rings. The molecule has 1 aromatic carbocycles. The first kappa shape index (κ1) is 18.2. The van der Waals surface area contributed by atoms with Gasteiger partial charge in [0.25, 0.3) is 0 Å². The summed E-state index contributed by atoms with van der Waals surface area (Å²) in [4.78, 5) is 11.8. The highest BCUT2D eigenvalue weighted by molar-refractivity contribution is 6.48. The van der Waals surface area contributed by atoms with E-state index in [9.17, 15) is 9.18 Å². The Morgan fingerprint density at radius 3 is 2.39 bits per heavy atom. The summed E-state index contributed by atoms with van der Waals surface area (Å²) in [5, 5.41) is 0.382. The third-order valence-electron chi connectivity index (χ3n) is 4.57. The molecule has 126 valence electrons. The van der Waals surface area contributed by atoms with Crippen molar-refractivity contribution in [3.05, 3.63) is 34.6 Å². The van der Waals surface area contributed by atoms with Gasteiger partial charge in [-0.05, 0) is 51.5 Å². The van der Waals surface area contributed by atoms with Gasteiger partial charge in [0.2, 0.25) is 0 Å². The maximum absolute atomic E-state index is 14.3. The fourth-order valence-electron chi connectivity index (χ4n) is 2.47. The summed E-state index contributed by atoms with van der Waals surface area (Å²) in [5.74, 6) is -1.58. The van der Waals surface area contributed by atoms with Gasteiger partial charge >= 0.3 is 13.1 Å². The van der Waals surface area contributed by atoms with Gasteiger partial charge in [-0.3, -0.25) is 4.79 Å². The average Bonchev–Trinajstić information content (AvgIpc) is 2.67. The summed E-state index contributed by atoms with van der Waals surface area (Å²) in [6, 6.07) is 4.22. The molecule has 0 aliphatic carbocycles. The van der Waals surface area contributed by atoms with Crippen molar-refractivity contribution >= 4 is 24.7 Å². The van der Waals surface area contributed by atoms with Crippen molar-refractivity contribution in [1.29, 1.82) is 0 Å². The van der Waals surface area contributed by atoms with Crippen molar-refractivity contribution in [3.63, 3.8) is 0 Å². The maximum atomic E-state index is 14.3. The lowest BCUT2D eigenvalue weighted by atomic mass is 9.66. The minimum absolute atomic E-state index is 0.0649. The SMILES string of the molecule is COC(=O)CC(B1OC(C)(C)C(C)(C)O1)c1cc(Cl)ccc1F. The molecule has 0 aromatic heterocycles. The second-order valence-electron chi connectivity index (χ2n) is 6.68. The summed E-state index contributed by atoms with van der Waals surface area (Å²) in [6.07, 6.45) is -0.0649. The average molecular weight is 343 g/mol. The summed E-state index contributed by atoms with van der Waals surface area (Å²) >= 11 is 5.99. The molecule has 1 aromatic rings. The van der Waals surface area contributed by atoms with Crippen molar-refractivity contribution in [1.82, 2.24) is 0 Å². The molecule has 0 amide bonds. The molecule has 0 bridgehead atoms. The van der Waals surface area contributed by atoms with Crippen LogP contribution in [0.2, 0.25) is 5.02 Å². The Bertz CT molecular complexity index is 590. The van der Waals surface area contributed by atoms with Crippen LogP contribution in [-0.2, 0) is 18.8 Å². The topological polar surface area (TPSA) is 44.8 Å². The van der Waals surface area contributed by atoms with Crippen LogP contribution in [0.5, 0.6) is 0 Å². The minimum atomic E-state index is -0.771. The van der Waals surface area contributed by atoms with E-state index in [1.165, 1.54) is 25.3 Å². The van der Waals surface area contributed by atoms with Gasteiger partial charge in [-0.1, -0.05) is 11.6 Å². The third-order valence-corrected chi connectivity index (χ3v) is 4.81. The van der Waals surface area contributed by atoms with Gasteiger partial charge in [0.1, 0.15) is 5.82 Å². The molecular weight excluding hydrogens is 321 g/mol. The van der Waals surface area contributed by atoms with Crippen molar-refractivity contribution in [2.45, 2.75) is 51.1 Å². The zero-order valence-corrected chi connectivity index (χ0v) is 14.7. The number of hydrogen-bond acceptors (Lipinski definition) is 4. The largest absolute Gasteiger partial charge is 0.469 e. The molecule has 1 heterocycles. The molecule has 1 atom stereocenters. The van der Waals surface area contributed by atoms with Crippen LogP contribution in [0.3, 0.4) is 0 Å². The molecule has 0 N–H and O–H groups in total. The molecule has 0 saturated carbocycles. The number of esters is 1. The molecule has 1 fully saturated rings. The second kappa shape index (κ2) is 6.42. The predicted octanol–water partition coefficient (Wildman–Crippen LogP) is 3.76. The van der Waals surface area contributed by atoms with E-state index in [1.54, 1.807) is 0 Å². The van der Waals surface area contributed by atoms with E-state index < -0.39 is 35.9 Å². The highest BCUT2D eigenvalue weighted by atomic mass is 35.5. The van der Waals surface area contributed by atoms with E-state index in [0.717, 1.165) is 0 Å². The van der Waals surface area contributed by atoms with Crippen LogP contribution in [0.15, 0.2) is 18.2 Å². The lowest BCUT2D eigenvalue weighted by Crippen LogP contribution is -2.41. The standard InChI is InChI=1S/C16H21BClFO4/c1-15(2)16(3,4)23-17(22-15)12(9-14(20)21-5)11-8-10(18)6-7-13(11)19/h6-8,12H,9H2,1-5H3. The van der Waals surface area contributed by atoms with Gasteiger partial charge in [0.15, 0.2) is 0 Å². The maximum Gasteiger partial charge on any atom is 0.466 e. The van der Waals surface area contributed by atoms with E-state index in [2.05, 4.69) is 0 Å². The number of benzene rings is 1. The smallest absolute Gasteiger partial charge is 0.466 e. The van der Waals surface area contributed by atoms with Gasteiger partial charge in [-0.2, -0.15) is 0 Å². The van der Waals surface area contributed by atoms with Crippen LogP contribution in [-0.4, -0.2) is 31.4 Å². The highest BCUT2D eigenvalue weighted by Crippen LogP contribution is 2.42. The zero-order chi connectivity index (χ0) is 17.4. The lowest BCUT2D eigenvalue weighted by molar-refractivity contribution is -0.140. The van der Waals surface area contributed by atoms with Gasteiger partial charge in [0.05, 0.1) is 24.7 Å². The van der Waals surface area contributed by atoms with Gasteiger partial charge in [-0.15, -0.1) is 0 Å². The Morgan fingerprint density at radius 2 is 1.87 bits per heavy atom. The first-order valence-electron chi connectivity index (χ1n) is 7.45. The summed E-state index contributed by atoms with van der Waals surface area (Å²) < 4.78 is 31.0.